The van der Waals surface area contributed by atoms with Crippen LogP contribution in [-0.4, -0.2) is 55.6 Å². The number of piperidine rings is 1. The topological polar surface area (TPSA) is 18.5 Å². The molecule has 0 aliphatic carbocycles. The fraction of sp³-hybridized carbons (Fsp3) is 0.667. The third kappa shape index (κ3) is 4.06. The van der Waals surface area contributed by atoms with Crippen molar-refractivity contribution >= 4 is 0 Å². The van der Waals surface area contributed by atoms with E-state index in [4.69, 9.17) is 0 Å². The minimum atomic E-state index is 0.832. The number of nitrogens with zero attached hydrogens (tertiary/aromatic N) is 2. The summed E-state index contributed by atoms with van der Waals surface area (Å²) in [6, 6.07) is 11.7. The van der Waals surface area contributed by atoms with E-state index in [1.807, 2.05) is 0 Å². The van der Waals surface area contributed by atoms with Gasteiger partial charge >= 0.3 is 0 Å². The Kier molecular flexibility index (Phi) is 5.28. The zero-order valence-electron chi connectivity index (χ0n) is 13.3. The van der Waals surface area contributed by atoms with Crippen LogP contribution in [0.3, 0.4) is 0 Å². The fourth-order valence-electron chi connectivity index (χ4n) is 3.93. The number of hydrogen-bond donors (Lipinski definition) is 1. The van der Waals surface area contributed by atoms with Crippen LogP contribution in [0.1, 0.15) is 24.8 Å². The summed E-state index contributed by atoms with van der Waals surface area (Å²) < 4.78 is 0. The lowest BCUT2D eigenvalue weighted by Gasteiger charge is -2.36. The lowest BCUT2D eigenvalue weighted by molar-refractivity contribution is 0.120. The molecule has 1 atom stereocenters. The van der Waals surface area contributed by atoms with Crippen LogP contribution < -0.4 is 5.32 Å². The summed E-state index contributed by atoms with van der Waals surface area (Å²) >= 11 is 0. The Morgan fingerprint density at radius 1 is 1.05 bits per heavy atom. The summed E-state index contributed by atoms with van der Waals surface area (Å²) in [6.07, 6.45) is 4.07. The van der Waals surface area contributed by atoms with Crippen molar-refractivity contribution < 1.29 is 0 Å². The third-order valence-corrected chi connectivity index (χ3v) is 5.13. The molecule has 116 valence electrons. The van der Waals surface area contributed by atoms with Gasteiger partial charge in [0.15, 0.2) is 0 Å². The van der Waals surface area contributed by atoms with Crippen LogP contribution in [0.15, 0.2) is 30.3 Å². The average molecular weight is 287 g/mol. The quantitative estimate of drug-likeness (QED) is 0.895. The van der Waals surface area contributed by atoms with Crippen LogP contribution >= 0.6 is 0 Å². The SMILES string of the molecule is CNCC1CCN(C2CCN(Cc3ccccc3)CC2)C1. The molecule has 1 N–H and O–H groups in total. The van der Waals surface area contributed by atoms with Gasteiger partial charge in [0.2, 0.25) is 0 Å². The maximum atomic E-state index is 3.33. The molecule has 1 unspecified atom stereocenters. The Hall–Kier alpha value is -0.900. The van der Waals surface area contributed by atoms with Crippen molar-refractivity contribution in [2.75, 3.05) is 39.8 Å². The van der Waals surface area contributed by atoms with E-state index in [0.717, 1.165) is 18.5 Å². The van der Waals surface area contributed by atoms with Crippen LogP contribution in [0.25, 0.3) is 0 Å². The molecule has 1 aromatic carbocycles. The highest BCUT2D eigenvalue weighted by Crippen LogP contribution is 2.24. The zero-order valence-corrected chi connectivity index (χ0v) is 13.3. The van der Waals surface area contributed by atoms with E-state index < -0.39 is 0 Å². The van der Waals surface area contributed by atoms with E-state index >= 15 is 0 Å². The first-order valence-corrected chi connectivity index (χ1v) is 8.50. The molecule has 2 fully saturated rings. The fourth-order valence-corrected chi connectivity index (χ4v) is 3.93. The molecule has 3 heteroatoms. The van der Waals surface area contributed by atoms with E-state index in [0.29, 0.717) is 0 Å². The van der Waals surface area contributed by atoms with Gasteiger partial charge in [0.25, 0.3) is 0 Å². The summed E-state index contributed by atoms with van der Waals surface area (Å²) in [7, 11) is 2.07. The Bertz CT molecular complexity index is 412. The smallest absolute Gasteiger partial charge is 0.0233 e. The molecule has 0 spiro atoms. The van der Waals surface area contributed by atoms with Gasteiger partial charge < -0.3 is 5.32 Å². The standard InChI is InChI=1S/C18H29N3/c1-19-13-17-7-12-21(15-17)18-8-10-20(11-9-18)14-16-5-3-2-4-6-16/h2-6,17-19H,7-15H2,1H3. The minimum absolute atomic E-state index is 0.832. The maximum absolute atomic E-state index is 3.33. The first-order chi connectivity index (χ1) is 10.3. The molecule has 2 heterocycles. The first kappa shape index (κ1) is 15.0. The molecule has 1 aromatic rings. The van der Waals surface area contributed by atoms with Gasteiger partial charge in [0.1, 0.15) is 0 Å². The normalized spacial score (nSPS) is 25.5. The van der Waals surface area contributed by atoms with Gasteiger partial charge in [-0.25, -0.2) is 0 Å². The Morgan fingerprint density at radius 2 is 1.81 bits per heavy atom. The van der Waals surface area contributed by atoms with Gasteiger partial charge in [-0.3, -0.25) is 9.80 Å². The Labute approximate surface area is 129 Å². The van der Waals surface area contributed by atoms with Gasteiger partial charge in [-0.1, -0.05) is 30.3 Å². The molecular weight excluding hydrogens is 258 g/mol. The molecule has 3 rings (SSSR count). The van der Waals surface area contributed by atoms with Crippen LogP contribution in [0.2, 0.25) is 0 Å². The highest BCUT2D eigenvalue weighted by molar-refractivity contribution is 5.14. The van der Waals surface area contributed by atoms with Crippen molar-refractivity contribution in [1.82, 2.24) is 15.1 Å². The van der Waals surface area contributed by atoms with Crippen LogP contribution in [0, 0.1) is 5.92 Å². The van der Waals surface area contributed by atoms with E-state index in [-0.39, 0.29) is 0 Å². The zero-order chi connectivity index (χ0) is 14.5. The van der Waals surface area contributed by atoms with Crippen LogP contribution in [0.5, 0.6) is 0 Å². The van der Waals surface area contributed by atoms with Crippen molar-refractivity contribution in [3.8, 4) is 0 Å². The van der Waals surface area contributed by atoms with Crippen molar-refractivity contribution in [1.29, 1.82) is 0 Å². The number of nitrogens with one attached hydrogen (secondary N) is 1. The molecule has 3 nitrogen and oxygen atoms in total. The second-order valence-corrected chi connectivity index (χ2v) is 6.70. The number of likely N-dealkylation sites (tertiary alicyclic amines) is 2. The molecule has 21 heavy (non-hydrogen) atoms. The summed E-state index contributed by atoms with van der Waals surface area (Å²) in [4.78, 5) is 5.37. The Morgan fingerprint density at radius 3 is 2.52 bits per heavy atom. The predicted octanol–water partition coefficient (Wildman–Crippen LogP) is 2.19. The molecular formula is C18H29N3. The third-order valence-electron chi connectivity index (χ3n) is 5.13. The lowest BCUT2D eigenvalue weighted by Crippen LogP contribution is -2.44. The monoisotopic (exact) mass is 287 g/mol. The molecule has 0 aromatic heterocycles. The van der Waals surface area contributed by atoms with Crippen molar-refractivity contribution in [2.45, 2.75) is 31.8 Å². The van der Waals surface area contributed by atoms with Gasteiger partial charge in [0.05, 0.1) is 0 Å². The van der Waals surface area contributed by atoms with E-state index in [1.54, 1.807) is 0 Å². The van der Waals surface area contributed by atoms with Gasteiger partial charge in [0, 0.05) is 19.1 Å². The Balaban J connectivity index is 1.43. The second kappa shape index (κ2) is 7.39. The van der Waals surface area contributed by atoms with Crippen molar-refractivity contribution in [3.63, 3.8) is 0 Å². The minimum Gasteiger partial charge on any atom is -0.319 e. The second-order valence-electron chi connectivity index (χ2n) is 6.70. The first-order valence-electron chi connectivity index (χ1n) is 8.50. The van der Waals surface area contributed by atoms with E-state index in [9.17, 15) is 0 Å². The van der Waals surface area contributed by atoms with Gasteiger partial charge in [-0.2, -0.15) is 0 Å². The number of benzene rings is 1. The largest absolute Gasteiger partial charge is 0.319 e. The molecule has 0 radical (unpaired) electrons. The van der Waals surface area contributed by atoms with E-state index in [1.165, 1.54) is 57.5 Å². The summed E-state index contributed by atoms with van der Waals surface area (Å²) in [5.41, 5.74) is 1.45. The number of hydrogen-bond acceptors (Lipinski definition) is 3. The highest BCUT2D eigenvalue weighted by atomic mass is 15.2. The van der Waals surface area contributed by atoms with E-state index in [2.05, 4.69) is 52.5 Å². The van der Waals surface area contributed by atoms with Crippen LogP contribution in [0.4, 0.5) is 0 Å². The van der Waals surface area contributed by atoms with Gasteiger partial charge in [-0.05, 0) is 64.0 Å². The average Bonchev–Trinajstić information content (AvgIpc) is 2.98. The summed E-state index contributed by atoms with van der Waals surface area (Å²) in [5, 5.41) is 3.33. The number of rotatable bonds is 5. The summed E-state index contributed by atoms with van der Waals surface area (Å²) in [5.74, 6) is 0.873. The molecule has 0 bridgehead atoms. The molecule has 0 saturated carbocycles. The molecule has 2 aliphatic heterocycles. The van der Waals surface area contributed by atoms with Crippen molar-refractivity contribution in [2.24, 2.45) is 5.92 Å². The molecule has 2 aliphatic rings. The highest BCUT2D eigenvalue weighted by Gasteiger charge is 2.30. The summed E-state index contributed by atoms with van der Waals surface area (Å²) in [6.45, 7) is 7.44. The lowest BCUT2D eigenvalue weighted by atomic mass is 10.0. The van der Waals surface area contributed by atoms with Crippen molar-refractivity contribution in [3.05, 3.63) is 35.9 Å². The predicted molar refractivity (Wildman–Crippen MR) is 88.3 cm³/mol. The maximum Gasteiger partial charge on any atom is 0.0233 e. The molecule has 0 amide bonds. The molecule has 2 saturated heterocycles. The van der Waals surface area contributed by atoms with Crippen LogP contribution in [-0.2, 0) is 6.54 Å². The van der Waals surface area contributed by atoms with Gasteiger partial charge in [-0.15, -0.1) is 0 Å².